The molecule has 0 aromatic heterocycles. The molecule has 1 rings (SSSR count). The van der Waals surface area contributed by atoms with Gasteiger partial charge in [0.15, 0.2) is 6.19 Å². The number of alkyl carbamates (subject to hydrolysis) is 1. The maximum atomic E-state index is 11.8. The van der Waals surface area contributed by atoms with Gasteiger partial charge < -0.3 is 15.0 Å². The van der Waals surface area contributed by atoms with Gasteiger partial charge in [-0.2, -0.15) is 5.26 Å². The summed E-state index contributed by atoms with van der Waals surface area (Å²) in [5.41, 5.74) is -0.477. The van der Waals surface area contributed by atoms with Gasteiger partial charge in [0.2, 0.25) is 0 Å². The average Bonchev–Trinajstić information content (AvgIpc) is 2.33. The summed E-state index contributed by atoms with van der Waals surface area (Å²) in [6.45, 7) is 11.2. The Labute approximate surface area is 115 Å². The van der Waals surface area contributed by atoms with Crippen LogP contribution in [0.4, 0.5) is 4.79 Å². The Morgan fingerprint density at radius 3 is 2.63 bits per heavy atom. The summed E-state index contributed by atoms with van der Waals surface area (Å²) in [6.07, 6.45) is 3.45. The van der Waals surface area contributed by atoms with Crippen LogP contribution in [0.25, 0.3) is 0 Å². The Kier molecular flexibility index (Phi) is 4.67. The van der Waals surface area contributed by atoms with Crippen LogP contribution in [0.5, 0.6) is 0 Å². The number of carbonyl (C=O) groups excluding carboxylic acids is 1. The molecule has 0 aliphatic carbocycles. The highest BCUT2D eigenvalue weighted by Gasteiger charge is 2.31. The van der Waals surface area contributed by atoms with Gasteiger partial charge in [-0.25, -0.2) is 4.79 Å². The molecule has 1 saturated heterocycles. The van der Waals surface area contributed by atoms with Crippen molar-refractivity contribution in [2.75, 3.05) is 13.1 Å². The molecule has 1 aliphatic heterocycles. The second-order valence-electron chi connectivity index (χ2n) is 7.02. The van der Waals surface area contributed by atoms with Crippen molar-refractivity contribution in [3.05, 3.63) is 0 Å². The first kappa shape index (κ1) is 15.6. The second-order valence-corrected chi connectivity index (χ2v) is 7.02. The first-order chi connectivity index (χ1) is 8.61. The van der Waals surface area contributed by atoms with Crippen molar-refractivity contribution >= 4 is 6.09 Å². The lowest BCUT2D eigenvalue weighted by molar-refractivity contribution is 0.0493. The third-order valence-electron chi connectivity index (χ3n) is 3.03. The lowest BCUT2D eigenvalue weighted by Crippen LogP contribution is -2.41. The quantitative estimate of drug-likeness (QED) is 0.741. The molecule has 19 heavy (non-hydrogen) atoms. The monoisotopic (exact) mass is 267 g/mol. The molecule has 5 nitrogen and oxygen atoms in total. The van der Waals surface area contributed by atoms with Gasteiger partial charge in [-0.1, -0.05) is 13.8 Å². The highest BCUT2D eigenvalue weighted by molar-refractivity contribution is 5.68. The molecular weight excluding hydrogens is 242 g/mol. The van der Waals surface area contributed by atoms with Gasteiger partial charge in [0.1, 0.15) is 5.60 Å². The van der Waals surface area contributed by atoms with Crippen molar-refractivity contribution in [2.24, 2.45) is 5.41 Å². The predicted molar refractivity (Wildman–Crippen MR) is 73.4 cm³/mol. The molecule has 1 amide bonds. The Balaban J connectivity index is 2.59. The number of nitriles is 1. The van der Waals surface area contributed by atoms with Gasteiger partial charge >= 0.3 is 6.09 Å². The lowest BCUT2D eigenvalue weighted by atomic mass is 9.86. The Morgan fingerprint density at radius 2 is 2.11 bits per heavy atom. The molecule has 1 atom stereocenters. The fourth-order valence-electron chi connectivity index (χ4n) is 2.42. The largest absolute Gasteiger partial charge is 0.444 e. The molecular formula is C14H25N3O2. The molecule has 0 radical (unpaired) electrons. The molecule has 1 heterocycles. The number of hydrogen-bond acceptors (Lipinski definition) is 4. The van der Waals surface area contributed by atoms with E-state index in [-0.39, 0.29) is 17.6 Å². The van der Waals surface area contributed by atoms with Crippen LogP contribution in [0.3, 0.4) is 0 Å². The normalized spacial score (nSPS) is 23.2. The van der Waals surface area contributed by atoms with Crippen LogP contribution in [0.1, 0.15) is 47.5 Å². The molecule has 0 bridgehead atoms. The smallest absolute Gasteiger partial charge is 0.407 e. The number of ether oxygens (including phenoxy) is 1. The van der Waals surface area contributed by atoms with E-state index in [4.69, 9.17) is 10.00 Å². The lowest BCUT2D eigenvalue weighted by Gasteiger charge is -2.28. The number of carbonyl (C=O) groups is 1. The molecule has 1 aliphatic rings. The number of rotatable bonds is 1. The molecule has 0 aromatic rings. The van der Waals surface area contributed by atoms with Gasteiger partial charge in [0.25, 0.3) is 0 Å². The second kappa shape index (κ2) is 5.68. The number of nitrogens with zero attached hydrogens (tertiary/aromatic N) is 2. The van der Waals surface area contributed by atoms with Crippen LogP contribution >= 0.6 is 0 Å². The van der Waals surface area contributed by atoms with E-state index in [2.05, 4.69) is 25.4 Å². The Hall–Kier alpha value is -1.44. The zero-order valence-corrected chi connectivity index (χ0v) is 12.6. The van der Waals surface area contributed by atoms with E-state index in [0.29, 0.717) is 6.54 Å². The average molecular weight is 267 g/mol. The highest BCUT2D eigenvalue weighted by Crippen LogP contribution is 2.28. The molecule has 0 aromatic carbocycles. The molecule has 1 fully saturated rings. The minimum absolute atomic E-state index is 0.00586. The molecule has 0 saturated carbocycles. The summed E-state index contributed by atoms with van der Waals surface area (Å²) >= 11 is 0. The SMILES string of the molecule is CC1(C)CC(NC(=O)OC(C)(C)C)CCN(C#N)C1. The van der Waals surface area contributed by atoms with Gasteiger partial charge in [0, 0.05) is 19.1 Å². The number of likely N-dealkylation sites (tertiary alicyclic amines) is 1. The number of nitrogens with one attached hydrogen (secondary N) is 1. The van der Waals surface area contributed by atoms with E-state index in [1.807, 2.05) is 20.8 Å². The predicted octanol–water partition coefficient (Wildman–Crippen LogP) is 2.48. The van der Waals surface area contributed by atoms with Crippen molar-refractivity contribution in [2.45, 2.75) is 59.1 Å². The Bertz CT molecular complexity index is 366. The summed E-state index contributed by atoms with van der Waals surface area (Å²) in [7, 11) is 0. The van der Waals surface area contributed by atoms with Gasteiger partial charge in [-0.3, -0.25) is 0 Å². The van der Waals surface area contributed by atoms with Crippen LogP contribution in [0, 0.1) is 16.9 Å². The van der Waals surface area contributed by atoms with E-state index < -0.39 is 5.60 Å². The van der Waals surface area contributed by atoms with E-state index in [9.17, 15) is 4.79 Å². The van der Waals surface area contributed by atoms with Gasteiger partial charge in [-0.15, -0.1) is 0 Å². The van der Waals surface area contributed by atoms with Crippen molar-refractivity contribution in [3.63, 3.8) is 0 Å². The molecule has 1 unspecified atom stereocenters. The molecule has 1 N–H and O–H groups in total. The number of hydrogen-bond donors (Lipinski definition) is 1. The topological polar surface area (TPSA) is 65.4 Å². The van der Waals surface area contributed by atoms with E-state index in [1.165, 1.54) is 0 Å². The van der Waals surface area contributed by atoms with Crippen molar-refractivity contribution in [1.29, 1.82) is 5.26 Å². The van der Waals surface area contributed by atoms with Crippen LogP contribution < -0.4 is 5.32 Å². The van der Waals surface area contributed by atoms with Gasteiger partial charge in [0.05, 0.1) is 0 Å². The molecule has 5 heteroatoms. The third kappa shape index (κ3) is 5.82. The van der Waals surface area contributed by atoms with Gasteiger partial charge in [-0.05, 0) is 39.0 Å². The van der Waals surface area contributed by atoms with Crippen molar-refractivity contribution < 1.29 is 9.53 Å². The standard InChI is InChI=1S/C14H25N3O2/c1-13(2,3)19-12(18)16-11-6-7-17(10-15)9-14(4,5)8-11/h11H,6-9H2,1-5H3,(H,16,18). The highest BCUT2D eigenvalue weighted by atomic mass is 16.6. The minimum Gasteiger partial charge on any atom is -0.444 e. The fourth-order valence-corrected chi connectivity index (χ4v) is 2.42. The third-order valence-corrected chi connectivity index (χ3v) is 3.03. The van der Waals surface area contributed by atoms with Crippen LogP contribution in [-0.4, -0.2) is 35.7 Å². The summed E-state index contributed by atoms with van der Waals surface area (Å²) in [4.78, 5) is 13.5. The van der Waals surface area contributed by atoms with E-state index in [0.717, 1.165) is 19.4 Å². The number of amides is 1. The maximum absolute atomic E-state index is 11.8. The first-order valence-corrected chi connectivity index (χ1v) is 6.75. The first-order valence-electron chi connectivity index (χ1n) is 6.75. The van der Waals surface area contributed by atoms with Crippen LogP contribution in [0.2, 0.25) is 0 Å². The summed E-state index contributed by atoms with van der Waals surface area (Å²) in [5, 5.41) is 12.0. The zero-order chi connectivity index (χ0) is 14.7. The maximum Gasteiger partial charge on any atom is 0.407 e. The summed E-state index contributed by atoms with van der Waals surface area (Å²) < 4.78 is 5.27. The fraction of sp³-hybridized carbons (Fsp3) is 0.857. The van der Waals surface area contributed by atoms with E-state index >= 15 is 0 Å². The van der Waals surface area contributed by atoms with Crippen molar-refractivity contribution in [1.82, 2.24) is 10.2 Å². The van der Waals surface area contributed by atoms with Crippen molar-refractivity contribution in [3.8, 4) is 6.19 Å². The van der Waals surface area contributed by atoms with Crippen LogP contribution in [0.15, 0.2) is 0 Å². The van der Waals surface area contributed by atoms with Crippen LogP contribution in [-0.2, 0) is 4.74 Å². The Morgan fingerprint density at radius 1 is 1.47 bits per heavy atom. The molecule has 108 valence electrons. The zero-order valence-electron chi connectivity index (χ0n) is 12.6. The molecule has 0 spiro atoms. The summed E-state index contributed by atoms with van der Waals surface area (Å²) in [5.74, 6) is 0. The minimum atomic E-state index is -0.483. The van der Waals surface area contributed by atoms with E-state index in [1.54, 1.807) is 4.90 Å². The summed E-state index contributed by atoms with van der Waals surface area (Å²) in [6, 6.07) is 0.0585.